The Morgan fingerprint density at radius 1 is 1.38 bits per heavy atom. The Hall–Kier alpha value is -1.42. The van der Waals surface area contributed by atoms with E-state index >= 15 is 0 Å². The van der Waals surface area contributed by atoms with Gasteiger partial charge in [-0.25, -0.2) is 4.98 Å². The lowest BCUT2D eigenvalue weighted by Gasteiger charge is -2.08. The van der Waals surface area contributed by atoms with E-state index < -0.39 is 0 Å². The van der Waals surface area contributed by atoms with Gasteiger partial charge >= 0.3 is 0 Å². The van der Waals surface area contributed by atoms with Crippen molar-refractivity contribution in [1.82, 2.24) is 9.55 Å². The smallest absolute Gasteiger partial charge is 0.152 e. The maximum atomic E-state index is 11.0. The Morgan fingerprint density at radius 3 is 2.69 bits per heavy atom. The molecule has 0 aliphatic rings. The van der Waals surface area contributed by atoms with Crippen LogP contribution in [-0.4, -0.2) is 15.8 Å². The number of aryl methyl sites for hydroxylation is 1. The molecule has 0 fully saturated rings. The Kier molecular flexibility index (Phi) is 2.92. The van der Waals surface area contributed by atoms with Crippen LogP contribution in [0.25, 0.3) is 5.69 Å². The van der Waals surface area contributed by atoms with Gasteiger partial charge in [-0.3, -0.25) is 4.79 Å². The molecule has 2 rings (SSSR count). The summed E-state index contributed by atoms with van der Waals surface area (Å²) < 4.78 is 2.86. The highest BCUT2D eigenvalue weighted by Gasteiger charge is 2.09. The molecule has 4 heteroatoms. The number of hydrogen-bond acceptors (Lipinski definition) is 2. The van der Waals surface area contributed by atoms with Crippen LogP contribution in [0.3, 0.4) is 0 Å². The van der Waals surface area contributed by atoms with Gasteiger partial charge < -0.3 is 4.57 Å². The zero-order valence-corrected chi connectivity index (χ0v) is 10.7. The minimum Gasteiger partial charge on any atom is -0.303 e. The van der Waals surface area contributed by atoms with Crippen LogP contribution in [0.2, 0.25) is 0 Å². The molecule has 0 aliphatic carbocycles. The molecule has 1 aromatic heterocycles. The van der Waals surface area contributed by atoms with Crippen molar-refractivity contribution in [1.29, 1.82) is 0 Å². The summed E-state index contributed by atoms with van der Waals surface area (Å²) >= 11 is 3.40. The first kappa shape index (κ1) is 11.1. The molecule has 0 N–H and O–H groups in total. The highest BCUT2D eigenvalue weighted by Crippen LogP contribution is 2.21. The first-order valence-electron chi connectivity index (χ1n) is 4.89. The quantitative estimate of drug-likeness (QED) is 0.792. The fraction of sp³-hybridized carbons (Fsp3) is 0.167. The maximum absolute atomic E-state index is 11.0. The topological polar surface area (TPSA) is 34.9 Å². The van der Waals surface area contributed by atoms with Gasteiger partial charge in [-0.1, -0.05) is 15.9 Å². The first-order valence-corrected chi connectivity index (χ1v) is 5.68. The highest BCUT2D eigenvalue weighted by molar-refractivity contribution is 9.10. The number of nitrogens with zero attached hydrogens (tertiary/aromatic N) is 2. The van der Waals surface area contributed by atoms with Crippen molar-refractivity contribution >= 4 is 22.2 Å². The lowest BCUT2D eigenvalue weighted by atomic mass is 10.2. The molecule has 2 aromatic rings. The molecule has 0 saturated carbocycles. The number of imidazole rings is 1. The summed E-state index contributed by atoms with van der Waals surface area (Å²) in [6.07, 6.45) is 2.59. The molecule has 1 heterocycles. The molecule has 0 saturated heterocycles. The van der Waals surface area contributed by atoms with E-state index in [0.29, 0.717) is 5.56 Å². The van der Waals surface area contributed by atoms with E-state index in [1.54, 1.807) is 12.4 Å². The van der Waals surface area contributed by atoms with E-state index in [9.17, 15) is 4.79 Å². The van der Waals surface area contributed by atoms with E-state index in [1.165, 1.54) is 0 Å². The predicted molar refractivity (Wildman–Crippen MR) is 66.1 cm³/mol. The van der Waals surface area contributed by atoms with Crippen LogP contribution < -0.4 is 0 Å². The maximum Gasteiger partial charge on any atom is 0.152 e. The second kappa shape index (κ2) is 4.22. The zero-order valence-electron chi connectivity index (χ0n) is 9.07. The van der Waals surface area contributed by atoms with Crippen LogP contribution >= 0.6 is 15.9 Å². The van der Waals surface area contributed by atoms with Crippen molar-refractivity contribution in [3.05, 3.63) is 46.0 Å². The average Bonchev–Trinajstić information content (AvgIpc) is 2.60. The fourth-order valence-electron chi connectivity index (χ4n) is 1.57. The molecular formula is C12H11BrN2O. The Balaban J connectivity index is 2.67. The lowest BCUT2D eigenvalue weighted by Crippen LogP contribution is -2.00. The largest absolute Gasteiger partial charge is 0.303 e. The molecule has 0 bridgehead atoms. The van der Waals surface area contributed by atoms with Crippen LogP contribution in [0.1, 0.15) is 21.7 Å². The number of hydrogen-bond donors (Lipinski definition) is 0. The summed E-state index contributed by atoms with van der Waals surface area (Å²) in [6, 6.07) is 5.56. The summed E-state index contributed by atoms with van der Waals surface area (Å²) in [7, 11) is 0. The van der Waals surface area contributed by atoms with Gasteiger partial charge in [0.05, 0.1) is 17.7 Å². The number of carbonyl (C=O) groups is 1. The second-order valence-electron chi connectivity index (χ2n) is 3.61. The molecule has 1 aromatic carbocycles. The van der Waals surface area contributed by atoms with Gasteiger partial charge in [0.25, 0.3) is 0 Å². The van der Waals surface area contributed by atoms with Crippen LogP contribution in [0, 0.1) is 13.8 Å². The molecule has 0 unspecified atom stereocenters. The standard InChI is InChI=1S/C12H11BrN2O/c1-8-9(2)15(7-14-8)12-5-11(13)4-3-10(12)6-16/h3-7H,1-2H3. The average molecular weight is 279 g/mol. The van der Waals surface area contributed by atoms with E-state index in [1.807, 2.05) is 30.5 Å². The van der Waals surface area contributed by atoms with E-state index in [-0.39, 0.29) is 0 Å². The van der Waals surface area contributed by atoms with Gasteiger partial charge in [0.15, 0.2) is 6.29 Å². The summed E-state index contributed by atoms with van der Waals surface area (Å²) in [5.41, 5.74) is 3.52. The number of rotatable bonds is 2. The molecule has 0 amide bonds. The van der Waals surface area contributed by atoms with Crippen LogP contribution in [0.15, 0.2) is 29.0 Å². The third-order valence-electron chi connectivity index (χ3n) is 2.63. The van der Waals surface area contributed by atoms with Crippen LogP contribution in [-0.2, 0) is 0 Å². The van der Waals surface area contributed by atoms with Crippen molar-refractivity contribution in [2.75, 3.05) is 0 Å². The number of aldehydes is 1. The van der Waals surface area contributed by atoms with E-state index in [4.69, 9.17) is 0 Å². The van der Waals surface area contributed by atoms with Crippen LogP contribution in [0.5, 0.6) is 0 Å². The van der Waals surface area contributed by atoms with Crippen LogP contribution in [0.4, 0.5) is 0 Å². The third kappa shape index (κ3) is 1.80. The summed E-state index contributed by atoms with van der Waals surface area (Å²) in [6.45, 7) is 3.93. The number of aromatic nitrogens is 2. The van der Waals surface area contributed by atoms with Gasteiger partial charge in [-0.05, 0) is 32.0 Å². The number of carbonyl (C=O) groups excluding carboxylic acids is 1. The van der Waals surface area contributed by atoms with Crippen molar-refractivity contribution in [2.45, 2.75) is 13.8 Å². The summed E-state index contributed by atoms with van der Waals surface area (Å²) in [5.74, 6) is 0. The normalized spacial score (nSPS) is 10.4. The van der Waals surface area contributed by atoms with Crippen molar-refractivity contribution in [2.24, 2.45) is 0 Å². The zero-order chi connectivity index (χ0) is 11.7. The molecule has 82 valence electrons. The van der Waals surface area contributed by atoms with Gasteiger partial charge in [0.2, 0.25) is 0 Å². The van der Waals surface area contributed by atoms with Gasteiger partial charge in [-0.2, -0.15) is 0 Å². The van der Waals surface area contributed by atoms with Crippen molar-refractivity contribution in [3.8, 4) is 5.69 Å². The number of halogens is 1. The minimum absolute atomic E-state index is 0.656. The second-order valence-corrected chi connectivity index (χ2v) is 4.52. The molecular weight excluding hydrogens is 268 g/mol. The molecule has 0 spiro atoms. The van der Waals surface area contributed by atoms with Crippen molar-refractivity contribution in [3.63, 3.8) is 0 Å². The molecule has 0 atom stereocenters. The lowest BCUT2D eigenvalue weighted by molar-refractivity contribution is 0.112. The first-order chi connectivity index (χ1) is 7.63. The molecule has 0 radical (unpaired) electrons. The SMILES string of the molecule is Cc1ncn(-c2cc(Br)ccc2C=O)c1C. The van der Waals surface area contributed by atoms with E-state index in [2.05, 4.69) is 20.9 Å². The number of benzene rings is 1. The summed E-state index contributed by atoms with van der Waals surface area (Å²) in [5, 5.41) is 0. The van der Waals surface area contributed by atoms with E-state index in [0.717, 1.165) is 27.8 Å². The molecule has 3 nitrogen and oxygen atoms in total. The molecule has 0 aliphatic heterocycles. The van der Waals surface area contributed by atoms with Crippen molar-refractivity contribution < 1.29 is 4.79 Å². The highest BCUT2D eigenvalue weighted by atomic mass is 79.9. The third-order valence-corrected chi connectivity index (χ3v) is 3.12. The van der Waals surface area contributed by atoms with Gasteiger partial charge in [-0.15, -0.1) is 0 Å². The van der Waals surface area contributed by atoms with Gasteiger partial charge in [0.1, 0.15) is 0 Å². The Morgan fingerprint density at radius 2 is 2.12 bits per heavy atom. The summed E-state index contributed by atoms with van der Waals surface area (Å²) in [4.78, 5) is 15.2. The minimum atomic E-state index is 0.656. The fourth-order valence-corrected chi connectivity index (χ4v) is 1.92. The monoisotopic (exact) mass is 278 g/mol. The Bertz CT molecular complexity index is 546. The predicted octanol–water partition coefficient (Wildman–Crippen LogP) is 3.06. The Labute approximate surface area is 102 Å². The van der Waals surface area contributed by atoms with Gasteiger partial charge in [0, 0.05) is 15.7 Å². The molecule has 16 heavy (non-hydrogen) atoms.